The van der Waals surface area contributed by atoms with Gasteiger partial charge in [-0.25, -0.2) is 0 Å². The number of nitrogens with one attached hydrogen (secondary N) is 2. The topological polar surface area (TPSA) is 48.9 Å². The Morgan fingerprint density at radius 1 is 1.07 bits per heavy atom. The highest BCUT2D eigenvalue weighted by atomic mass is 16.5. The molecule has 2 heterocycles. The first-order chi connectivity index (χ1) is 14.3. The van der Waals surface area contributed by atoms with E-state index in [0.717, 1.165) is 38.1 Å². The van der Waals surface area contributed by atoms with Gasteiger partial charge in [0, 0.05) is 50.8 Å². The van der Waals surface area contributed by atoms with Crippen molar-refractivity contribution in [2.75, 3.05) is 32.8 Å². The molecular formula is C24H38N4O. The van der Waals surface area contributed by atoms with Crippen molar-refractivity contribution in [1.82, 2.24) is 15.5 Å². The van der Waals surface area contributed by atoms with E-state index >= 15 is 0 Å². The molecule has 0 amide bonds. The Kier molecular flexibility index (Phi) is 7.44. The van der Waals surface area contributed by atoms with Gasteiger partial charge >= 0.3 is 0 Å². The normalized spacial score (nSPS) is 27.4. The summed E-state index contributed by atoms with van der Waals surface area (Å²) in [5.74, 6) is 1.43. The standard InChI is InChI=1S/C24H38N4O/c1-2-25-24(27-21-12-15-28(16-13-21)22-10-6-7-11-22)26-18-20-14-17-29-23(20)19-8-4-3-5-9-19/h3-5,8-9,20-23H,2,6-7,10-18H2,1H3,(H2,25,26,27). The number of piperidine rings is 1. The zero-order valence-electron chi connectivity index (χ0n) is 18.0. The fraction of sp³-hybridized carbons (Fsp3) is 0.708. The fourth-order valence-electron chi connectivity index (χ4n) is 5.23. The van der Waals surface area contributed by atoms with Crippen LogP contribution in [0.4, 0.5) is 0 Å². The number of aliphatic imine (C=N–C) groups is 1. The fourth-order valence-corrected chi connectivity index (χ4v) is 5.23. The molecule has 2 aliphatic heterocycles. The average molecular weight is 399 g/mol. The van der Waals surface area contributed by atoms with Gasteiger partial charge in [0.1, 0.15) is 0 Å². The molecule has 5 nitrogen and oxygen atoms in total. The van der Waals surface area contributed by atoms with Crippen molar-refractivity contribution in [3.05, 3.63) is 35.9 Å². The number of nitrogens with zero attached hydrogens (tertiary/aromatic N) is 2. The second kappa shape index (κ2) is 10.4. The van der Waals surface area contributed by atoms with Crippen LogP contribution < -0.4 is 10.6 Å². The molecule has 160 valence electrons. The minimum Gasteiger partial charge on any atom is -0.373 e. The van der Waals surface area contributed by atoms with Crippen LogP contribution in [0.3, 0.4) is 0 Å². The number of hydrogen-bond acceptors (Lipinski definition) is 3. The quantitative estimate of drug-likeness (QED) is 0.566. The second-order valence-electron chi connectivity index (χ2n) is 8.86. The van der Waals surface area contributed by atoms with Crippen LogP contribution >= 0.6 is 0 Å². The minimum absolute atomic E-state index is 0.178. The smallest absolute Gasteiger partial charge is 0.191 e. The molecule has 1 aromatic rings. The Bertz CT molecular complexity index is 636. The number of rotatable bonds is 6. The predicted octanol–water partition coefficient (Wildman–Crippen LogP) is 3.73. The molecule has 2 unspecified atom stereocenters. The summed E-state index contributed by atoms with van der Waals surface area (Å²) in [6.07, 6.45) is 9.38. The molecule has 1 aromatic carbocycles. The van der Waals surface area contributed by atoms with Crippen LogP contribution in [0.2, 0.25) is 0 Å². The van der Waals surface area contributed by atoms with Crippen LogP contribution in [-0.2, 0) is 4.74 Å². The van der Waals surface area contributed by atoms with E-state index in [1.165, 1.54) is 57.2 Å². The van der Waals surface area contributed by atoms with Gasteiger partial charge in [-0.05, 0) is 44.6 Å². The van der Waals surface area contributed by atoms with Crippen LogP contribution in [0.1, 0.15) is 63.5 Å². The lowest BCUT2D eigenvalue weighted by Gasteiger charge is -2.36. The highest BCUT2D eigenvalue weighted by Gasteiger charge is 2.30. The number of likely N-dealkylation sites (tertiary alicyclic amines) is 1. The molecule has 0 radical (unpaired) electrons. The summed E-state index contributed by atoms with van der Waals surface area (Å²) in [5.41, 5.74) is 1.28. The van der Waals surface area contributed by atoms with Crippen LogP contribution in [0.5, 0.6) is 0 Å². The third-order valence-corrected chi connectivity index (χ3v) is 6.88. The molecule has 2 N–H and O–H groups in total. The molecule has 0 spiro atoms. The van der Waals surface area contributed by atoms with Gasteiger partial charge in [-0.3, -0.25) is 4.99 Å². The van der Waals surface area contributed by atoms with E-state index in [2.05, 4.69) is 52.8 Å². The van der Waals surface area contributed by atoms with Crippen molar-refractivity contribution in [2.45, 2.75) is 70.1 Å². The summed E-state index contributed by atoms with van der Waals surface area (Å²) in [6.45, 7) is 7.16. The van der Waals surface area contributed by atoms with Gasteiger partial charge in [-0.2, -0.15) is 0 Å². The average Bonchev–Trinajstić information content (AvgIpc) is 3.46. The monoisotopic (exact) mass is 398 g/mol. The van der Waals surface area contributed by atoms with Crippen LogP contribution in [-0.4, -0.2) is 55.7 Å². The van der Waals surface area contributed by atoms with Gasteiger partial charge < -0.3 is 20.3 Å². The molecular weight excluding hydrogens is 360 g/mol. The van der Waals surface area contributed by atoms with Crippen molar-refractivity contribution < 1.29 is 4.74 Å². The van der Waals surface area contributed by atoms with Crippen LogP contribution in [0, 0.1) is 5.92 Å². The number of benzene rings is 1. The first-order valence-electron chi connectivity index (χ1n) is 11.8. The van der Waals surface area contributed by atoms with E-state index in [9.17, 15) is 0 Å². The van der Waals surface area contributed by atoms with E-state index in [1.807, 2.05) is 0 Å². The molecule has 29 heavy (non-hydrogen) atoms. The van der Waals surface area contributed by atoms with E-state index in [1.54, 1.807) is 0 Å². The Morgan fingerprint density at radius 2 is 1.83 bits per heavy atom. The highest BCUT2D eigenvalue weighted by Crippen LogP contribution is 2.34. The molecule has 0 bridgehead atoms. The van der Waals surface area contributed by atoms with Crippen molar-refractivity contribution in [3.8, 4) is 0 Å². The van der Waals surface area contributed by atoms with Gasteiger partial charge in [0.05, 0.1) is 6.10 Å². The molecule has 3 aliphatic rings. The third-order valence-electron chi connectivity index (χ3n) is 6.88. The van der Waals surface area contributed by atoms with Crippen molar-refractivity contribution in [2.24, 2.45) is 10.9 Å². The van der Waals surface area contributed by atoms with E-state index < -0.39 is 0 Å². The summed E-state index contributed by atoms with van der Waals surface area (Å²) in [5, 5.41) is 7.18. The molecule has 3 fully saturated rings. The number of guanidine groups is 1. The minimum atomic E-state index is 0.178. The summed E-state index contributed by atoms with van der Waals surface area (Å²) < 4.78 is 6.04. The largest absolute Gasteiger partial charge is 0.373 e. The molecule has 1 saturated carbocycles. The molecule has 0 aromatic heterocycles. The maximum absolute atomic E-state index is 6.04. The van der Waals surface area contributed by atoms with Gasteiger partial charge in [0.15, 0.2) is 5.96 Å². The zero-order valence-corrected chi connectivity index (χ0v) is 18.0. The summed E-state index contributed by atoms with van der Waals surface area (Å²) in [4.78, 5) is 7.69. The van der Waals surface area contributed by atoms with Gasteiger partial charge in [0.25, 0.3) is 0 Å². The molecule has 1 aliphatic carbocycles. The predicted molar refractivity (Wildman–Crippen MR) is 119 cm³/mol. The number of ether oxygens (including phenoxy) is 1. The maximum Gasteiger partial charge on any atom is 0.191 e. The van der Waals surface area contributed by atoms with Crippen LogP contribution in [0.25, 0.3) is 0 Å². The summed E-state index contributed by atoms with van der Waals surface area (Å²) in [6, 6.07) is 12.0. The highest BCUT2D eigenvalue weighted by molar-refractivity contribution is 5.80. The van der Waals surface area contributed by atoms with Gasteiger partial charge in [-0.15, -0.1) is 0 Å². The lowest BCUT2D eigenvalue weighted by molar-refractivity contribution is 0.0925. The van der Waals surface area contributed by atoms with Crippen molar-refractivity contribution >= 4 is 5.96 Å². The van der Waals surface area contributed by atoms with E-state index in [-0.39, 0.29) is 6.10 Å². The second-order valence-corrected chi connectivity index (χ2v) is 8.86. The molecule has 2 atom stereocenters. The molecule has 5 heteroatoms. The van der Waals surface area contributed by atoms with E-state index in [0.29, 0.717) is 12.0 Å². The maximum atomic E-state index is 6.04. The molecule has 4 rings (SSSR count). The summed E-state index contributed by atoms with van der Waals surface area (Å²) in [7, 11) is 0. The lowest BCUT2D eigenvalue weighted by atomic mass is 9.95. The lowest BCUT2D eigenvalue weighted by Crippen LogP contribution is -2.50. The Balaban J connectivity index is 1.30. The first kappa shape index (κ1) is 20.7. The van der Waals surface area contributed by atoms with E-state index in [4.69, 9.17) is 9.73 Å². The Hall–Kier alpha value is -1.59. The molecule has 2 saturated heterocycles. The Labute approximate surface area is 176 Å². The van der Waals surface area contributed by atoms with Gasteiger partial charge in [-0.1, -0.05) is 43.2 Å². The summed E-state index contributed by atoms with van der Waals surface area (Å²) >= 11 is 0. The van der Waals surface area contributed by atoms with Crippen molar-refractivity contribution in [1.29, 1.82) is 0 Å². The SMILES string of the molecule is CCNC(=NCC1CCOC1c1ccccc1)NC1CCN(C2CCCC2)CC1. The Morgan fingerprint density at radius 3 is 2.55 bits per heavy atom. The first-order valence-corrected chi connectivity index (χ1v) is 11.8. The van der Waals surface area contributed by atoms with Gasteiger partial charge in [0.2, 0.25) is 0 Å². The zero-order chi connectivity index (χ0) is 19.9. The van der Waals surface area contributed by atoms with Crippen molar-refractivity contribution in [3.63, 3.8) is 0 Å². The van der Waals surface area contributed by atoms with Crippen LogP contribution in [0.15, 0.2) is 35.3 Å². The number of hydrogen-bond donors (Lipinski definition) is 2. The third kappa shape index (κ3) is 5.52.